The normalized spacial score (nSPS) is 10.6. The third-order valence-electron chi connectivity index (χ3n) is 4.88. The smallest absolute Gasteiger partial charge is 0.337 e. The summed E-state index contributed by atoms with van der Waals surface area (Å²) < 4.78 is 16.9. The number of hydrogen-bond donors (Lipinski definition) is 3. The molecule has 0 fully saturated rings. The van der Waals surface area contributed by atoms with Crippen LogP contribution in [0.15, 0.2) is 42.6 Å². The molecule has 4 rings (SSSR count). The first-order valence-corrected chi connectivity index (χ1v) is 9.41. The highest BCUT2D eigenvalue weighted by Gasteiger charge is 2.21. The van der Waals surface area contributed by atoms with E-state index in [1.807, 2.05) is 0 Å². The van der Waals surface area contributed by atoms with E-state index in [9.17, 15) is 15.2 Å². The number of aromatic nitrogens is 3. The van der Waals surface area contributed by atoms with Crippen molar-refractivity contribution in [3.63, 3.8) is 0 Å². The maximum absolute atomic E-state index is 11.7. The Balaban J connectivity index is 1.85. The van der Waals surface area contributed by atoms with Crippen LogP contribution in [-0.4, -0.2) is 47.0 Å². The number of aromatic hydroxyl groups is 1. The Morgan fingerprint density at radius 1 is 1.19 bits per heavy atom. The van der Waals surface area contributed by atoms with Gasteiger partial charge in [0, 0.05) is 17.4 Å². The Labute approximate surface area is 182 Å². The number of hydrogen-bond acceptors (Lipinski definition) is 8. The molecule has 0 aliphatic heterocycles. The van der Waals surface area contributed by atoms with Gasteiger partial charge in [-0.1, -0.05) is 0 Å². The van der Waals surface area contributed by atoms with Crippen LogP contribution in [0.4, 0.5) is 11.5 Å². The molecule has 0 radical (unpaired) electrons. The molecule has 4 aromatic rings. The number of nitriles is 1. The monoisotopic (exact) mass is 433 g/mol. The first kappa shape index (κ1) is 20.6. The Kier molecular flexibility index (Phi) is 5.30. The second-order valence-electron chi connectivity index (χ2n) is 6.69. The number of rotatable bonds is 6. The van der Waals surface area contributed by atoms with E-state index < -0.39 is 5.97 Å². The standard InChI is InChI=1S/C22H19N5O5/c1-30-17-9-13(8-16(28)19(17)31-2)18-21(27-20(26-18)14(10-23)11-24-27)25-15-6-4-12(5-7-15)22(29)32-3/h4-9,11,24-25,28H,1-3H3. The average molecular weight is 433 g/mol. The minimum atomic E-state index is -0.437. The zero-order valence-electron chi connectivity index (χ0n) is 17.5. The number of carbonyl (C=O) groups excluding carboxylic acids is 1. The zero-order valence-corrected chi connectivity index (χ0v) is 17.5. The summed E-state index contributed by atoms with van der Waals surface area (Å²) >= 11 is 0. The Morgan fingerprint density at radius 3 is 2.56 bits per heavy atom. The number of ether oxygens (including phenoxy) is 3. The fourth-order valence-corrected chi connectivity index (χ4v) is 3.34. The summed E-state index contributed by atoms with van der Waals surface area (Å²) in [6.07, 6.45) is 1.55. The predicted octanol–water partition coefficient (Wildman–Crippen LogP) is 3.45. The summed E-state index contributed by atoms with van der Waals surface area (Å²) in [5.74, 6) is 0.485. The molecule has 10 nitrogen and oxygen atoms in total. The first-order valence-electron chi connectivity index (χ1n) is 9.41. The molecule has 3 N–H and O–H groups in total. The quantitative estimate of drug-likeness (QED) is 0.394. The summed E-state index contributed by atoms with van der Waals surface area (Å²) in [7, 11) is 4.22. The molecular formula is C22H19N5O5. The summed E-state index contributed by atoms with van der Waals surface area (Å²) in [6.45, 7) is 0. The lowest BCUT2D eigenvalue weighted by atomic mass is 10.1. The number of aromatic amines is 1. The summed E-state index contributed by atoms with van der Waals surface area (Å²) in [5, 5.41) is 26.1. The van der Waals surface area contributed by atoms with Crippen molar-refractivity contribution in [3.8, 4) is 34.6 Å². The van der Waals surface area contributed by atoms with Crippen LogP contribution in [0.3, 0.4) is 0 Å². The van der Waals surface area contributed by atoms with Gasteiger partial charge in [0.05, 0.1) is 26.9 Å². The molecule has 0 saturated carbocycles. The number of nitrogens with zero attached hydrogens (tertiary/aromatic N) is 3. The van der Waals surface area contributed by atoms with Crippen LogP contribution < -0.4 is 14.8 Å². The maximum atomic E-state index is 11.7. The Bertz CT molecular complexity index is 1350. The van der Waals surface area contributed by atoms with Crippen LogP contribution in [0.1, 0.15) is 15.9 Å². The van der Waals surface area contributed by atoms with Gasteiger partial charge in [-0.2, -0.15) is 5.26 Å². The number of nitrogens with one attached hydrogen (secondary N) is 2. The number of fused-ring (bicyclic) bond motifs is 1. The van der Waals surface area contributed by atoms with Crippen LogP contribution in [0, 0.1) is 11.3 Å². The van der Waals surface area contributed by atoms with E-state index in [0.717, 1.165) is 0 Å². The predicted molar refractivity (Wildman–Crippen MR) is 116 cm³/mol. The number of carbonyl (C=O) groups is 1. The van der Waals surface area contributed by atoms with Gasteiger partial charge >= 0.3 is 5.97 Å². The molecule has 0 aliphatic rings. The van der Waals surface area contributed by atoms with Crippen molar-refractivity contribution in [1.29, 1.82) is 5.26 Å². The fourth-order valence-electron chi connectivity index (χ4n) is 3.34. The summed E-state index contributed by atoms with van der Waals surface area (Å²) in [6, 6.07) is 12.0. The third kappa shape index (κ3) is 3.41. The molecule has 162 valence electrons. The van der Waals surface area contributed by atoms with Crippen LogP contribution in [-0.2, 0) is 4.74 Å². The number of benzene rings is 2. The molecule has 2 aromatic heterocycles. The summed E-state index contributed by atoms with van der Waals surface area (Å²) in [5.41, 5.74) is 2.83. The molecule has 2 aromatic carbocycles. The van der Waals surface area contributed by atoms with Crippen molar-refractivity contribution < 1.29 is 24.1 Å². The van der Waals surface area contributed by atoms with Crippen molar-refractivity contribution in [2.75, 3.05) is 26.6 Å². The third-order valence-corrected chi connectivity index (χ3v) is 4.88. The van der Waals surface area contributed by atoms with E-state index >= 15 is 0 Å². The molecule has 2 heterocycles. The number of esters is 1. The minimum Gasteiger partial charge on any atom is -0.504 e. The number of imidazole rings is 1. The van der Waals surface area contributed by atoms with Gasteiger partial charge in [-0.25, -0.2) is 14.3 Å². The minimum absolute atomic E-state index is 0.118. The zero-order chi connectivity index (χ0) is 22.8. The van der Waals surface area contributed by atoms with Gasteiger partial charge in [-0.3, -0.25) is 5.10 Å². The molecular weight excluding hydrogens is 414 g/mol. The highest BCUT2D eigenvalue weighted by Crippen LogP contribution is 2.42. The SMILES string of the molecule is COC(=O)c1ccc(Nc2c(-c3cc(O)c(OC)c(OC)c3)nc3c(C#N)c[nH]n23)cc1. The van der Waals surface area contributed by atoms with Crippen molar-refractivity contribution in [2.24, 2.45) is 0 Å². The van der Waals surface area contributed by atoms with Gasteiger partial charge in [0.2, 0.25) is 5.75 Å². The van der Waals surface area contributed by atoms with Crippen molar-refractivity contribution in [1.82, 2.24) is 14.6 Å². The molecule has 0 unspecified atom stereocenters. The number of phenols is 1. The van der Waals surface area contributed by atoms with Gasteiger partial charge in [0.1, 0.15) is 17.3 Å². The second-order valence-corrected chi connectivity index (χ2v) is 6.69. The molecule has 0 aliphatic carbocycles. The van der Waals surface area contributed by atoms with E-state index in [1.165, 1.54) is 27.4 Å². The van der Waals surface area contributed by atoms with Gasteiger partial charge in [0.25, 0.3) is 0 Å². The largest absolute Gasteiger partial charge is 0.504 e. The highest BCUT2D eigenvalue weighted by molar-refractivity contribution is 5.90. The number of phenolic OH excluding ortho intramolecular Hbond substituents is 1. The molecule has 0 spiro atoms. The fraction of sp³-hybridized carbons (Fsp3) is 0.136. The molecule has 0 atom stereocenters. The first-order chi connectivity index (χ1) is 15.5. The Morgan fingerprint density at radius 2 is 1.94 bits per heavy atom. The number of methoxy groups -OCH3 is 3. The highest BCUT2D eigenvalue weighted by atomic mass is 16.5. The van der Waals surface area contributed by atoms with E-state index in [4.69, 9.17) is 14.2 Å². The van der Waals surface area contributed by atoms with Crippen LogP contribution in [0.25, 0.3) is 16.9 Å². The van der Waals surface area contributed by atoms with Crippen molar-refractivity contribution >= 4 is 23.1 Å². The van der Waals surface area contributed by atoms with Crippen molar-refractivity contribution in [3.05, 3.63) is 53.7 Å². The number of anilines is 2. The van der Waals surface area contributed by atoms with Crippen LogP contribution >= 0.6 is 0 Å². The van der Waals surface area contributed by atoms with Gasteiger partial charge in [-0.05, 0) is 36.4 Å². The topological polar surface area (TPSA) is 134 Å². The molecule has 0 amide bonds. The summed E-state index contributed by atoms with van der Waals surface area (Å²) in [4.78, 5) is 16.3. The molecule has 0 saturated heterocycles. The molecule has 32 heavy (non-hydrogen) atoms. The number of H-pyrrole nitrogens is 1. The lowest BCUT2D eigenvalue weighted by Crippen LogP contribution is -2.02. The second kappa shape index (κ2) is 8.23. The van der Waals surface area contributed by atoms with E-state index in [1.54, 1.807) is 41.0 Å². The van der Waals surface area contributed by atoms with E-state index in [-0.39, 0.29) is 11.5 Å². The Hall–Kier alpha value is -4.65. The average Bonchev–Trinajstić information content (AvgIpc) is 3.38. The van der Waals surface area contributed by atoms with E-state index in [2.05, 4.69) is 21.5 Å². The van der Waals surface area contributed by atoms with Gasteiger partial charge in [0.15, 0.2) is 23.0 Å². The maximum Gasteiger partial charge on any atom is 0.337 e. The lowest BCUT2D eigenvalue weighted by molar-refractivity contribution is 0.0600. The molecule has 10 heteroatoms. The van der Waals surface area contributed by atoms with Gasteiger partial charge < -0.3 is 24.6 Å². The van der Waals surface area contributed by atoms with Crippen molar-refractivity contribution in [2.45, 2.75) is 0 Å². The molecule has 0 bridgehead atoms. The lowest BCUT2D eigenvalue weighted by Gasteiger charge is -2.12. The van der Waals surface area contributed by atoms with Gasteiger partial charge in [-0.15, -0.1) is 0 Å². The van der Waals surface area contributed by atoms with E-state index in [0.29, 0.717) is 45.3 Å². The van der Waals surface area contributed by atoms with Crippen LogP contribution in [0.5, 0.6) is 17.2 Å². The van der Waals surface area contributed by atoms with Crippen LogP contribution in [0.2, 0.25) is 0 Å².